The minimum Gasteiger partial charge on any atom is -0.349 e. The highest BCUT2D eigenvalue weighted by Crippen LogP contribution is 2.27. The van der Waals surface area contributed by atoms with Gasteiger partial charge in [-0.1, -0.05) is 36.4 Å². The predicted molar refractivity (Wildman–Crippen MR) is 116 cm³/mol. The van der Waals surface area contributed by atoms with Crippen LogP contribution in [-0.2, 0) is 24.3 Å². The molecule has 1 amide bonds. The first-order valence-corrected chi connectivity index (χ1v) is 10.0. The molecule has 0 saturated heterocycles. The standard InChI is InChI=1S/C23H22N6O/c1-16-3-2-4-19(11-16)27-21(30)12-17-5-7-18(8-6-17)14-28-9-10-29-22-20(13-26-29)24-15-25-23(22)28/h2-8,11,13,15H,9-10,12,14H2,1H3,(H,27,30). The Morgan fingerprint density at radius 1 is 1.07 bits per heavy atom. The first kappa shape index (κ1) is 18.3. The van der Waals surface area contributed by atoms with E-state index in [1.54, 1.807) is 12.5 Å². The van der Waals surface area contributed by atoms with Crippen LogP contribution in [0, 0.1) is 6.92 Å². The van der Waals surface area contributed by atoms with E-state index in [1.807, 2.05) is 48.0 Å². The fourth-order valence-corrected chi connectivity index (χ4v) is 3.88. The minimum atomic E-state index is -0.0129. The van der Waals surface area contributed by atoms with Gasteiger partial charge >= 0.3 is 0 Å². The van der Waals surface area contributed by atoms with Crippen LogP contribution in [0.3, 0.4) is 0 Å². The van der Waals surface area contributed by atoms with Crippen LogP contribution in [0.1, 0.15) is 16.7 Å². The van der Waals surface area contributed by atoms with Crippen molar-refractivity contribution in [1.29, 1.82) is 0 Å². The van der Waals surface area contributed by atoms with E-state index >= 15 is 0 Å². The van der Waals surface area contributed by atoms with Crippen LogP contribution in [0.4, 0.5) is 11.5 Å². The SMILES string of the molecule is Cc1cccc(NC(=O)Cc2ccc(CN3CCn4ncc5ncnc3c54)cc2)c1. The summed E-state index contributed by atoms with van der Waals surface area (Å²) in [4.78, 5) is 23.4. The van der Waals surface area contributed by atoms with Gasteiger partial charge in [0.15, 0.2) is 5.82 Å². The zero-order valence-corrected chi connectivity index (χ0v) is 16.7. The lowest BCUT2D eigenvalue weighted by atomic mass is 10.1. The maximum Gasteiger partial charge on any atom is 0.228 e. The number of hydrogen-bond acceptors (Lipinski definition) is 5. The number of carbonyl (C=O) groups excluding carboxylic acids is 1. The molecule has 3 heterocycles. The highest BCUT2D eigenvalue weighted by Gasteiger charge is 2.21. The van der Waals surface area contributed by atoms with Gasteiger partial charge in [0.1, 0.15) is 17.4 Å². The molecule has 0 unspecified atom stereocenters. The molecule has 150 valence electrons. The van der Waals surface area contributed by atoms with Gasteiger partial charge in [0, 0.05) is 18.8 Å². The Bertz CT molecular complexity index is 1210. The number of nitrogens with zero attached hydrogens (tertiary/aromatic N) is 5. The van der Waals surface area contributed by atoms with Crippen molar-refractivity contribution in [3.05, 3.63) is 77.7 Å². The number of aromatic nitrogens is 4. The third-order valence-electron chi connectivity index (χ3n) is 5.35. The van der Waals surface area contributed by atoms with Gasteiger partial charge in [-0.25, -0.2) is 9.97 Å². The summed E-state index contributed by atoms with van der Waals surface area (Å²) in [6.45, 7) is 4.44. The van der Waals surface area contributed by atoms with Crippen molar-refractivity contribution in [1.82, 2.24) is 19.7 Å². The molecule has 0 atom stereocenters. The quantitative estimate of drug-likeness (QED) is 0.558. The Morgan fingerprint density at radius 3 is 2.73 bits per heavy atom. The molecule has 1 aliphatic rings. The van der Waals surface area contributed by atoms with Crippen molar-refractivity contribution in [2.24, 2.45) is 0 Å². The number of aryl methyl sites for hydroxylation is 1. The van der Waals surface area contributed by atoms with Crippen LogP contribution in [0.5, 0.6) is 0 Å². The van der Waals surface area contributed by atoms with Gasteiger partial charge in [-0.2, -0.15) is 5.10 Å². The van der Waals surface area contributed by atoms with Crippen LogP contribution in [-0.4, -0.2) is 32.2 Å². The Kier molecular flexibility index (Phi) is 4.63. The maximum atomic E-state index is 12.4. The molecular formula is C23H22N6O. The van der Waals surface area contributed by atoms with Crippen LogP contribution in [0.2, 0.25) is 0 Å². The lowest BCUT2D eigenvalue weighted by Gasteiger charge is -2.28. The fraction of sp³-hybridized carbons (Fsp3) is 0.217. The summed E-state index contributed by atoms with van der Waals surface area (Å²) in [5, 5.41) is 7.35. The number of rotatable bonds is 5. The van der Waals surface area contributed by atoms with Gasteiger partial charge in [0.05, 0.1) is 19.2 Å². The zero-order chi connectivity index (χ0) is 20.5. The number of nitrogens with one attached hydrogen (secondary N) is 1. The second-order valence-electron chi connectivity index (χ2n) is 7.63. The predicted octanol–water partition coefficient (Wildman–Crippen LogP) is 3.34. The Morgan fingerprint density at radius 2 is 1.90 bits per heavy atom. The van der Waals surface area contributed by atoms with Crippen LogP contribution < -0.4 is 10.2 Å². The van der Waals surface area contributed by atoms with Crippen molar-refractivity contribution >= 4 is 28.4 Å². The van der Waals surface area contributed by atoms with E-state index in [-0.39, 0.29) is 5.91 Å². The van der Waals surface area contributed by atoms with Crippen LogP contribution in [0.15, 0.2) is 61.1 Å². The van der Waals surface area contributed by atoms with E-state index in [9.17, 15) is 4.79 Å². The van der Waals surface area contributed by atoms with E-state index in [0.717, 1.165) is 53.3 Å². The number of benzene rings is 2. The summed E-state index contributed by atoms with van der Waals surface area (Å²) in [5.74, 6) is 0.909. The third kappa shape index (κ3) is 3.61. The molecule has 1 N–H and O–H groups in total. The third-order valence-corrected chi connectivity index (χ3v) is 5.35. The highest BCUT2D eigenvalue weighted by molar-refractivity contribution is 5.92. The molecule has 5 rings (SSSR count). The van der Waals surface area contributed by atoms with E-state index in [1.165, 1.54) is 5.56 Å². The second-order valence-corrected chi connectivity index (χ2v) is 7.63. The minimum absolute atomic E-state index is 0.0129. The van der Waals surface area contributed by atoms with E-state index < -0.39 is 0 Å². The molecule has 30 heavy (non-hydrogen) atoms. The molecule has 2 aromatic heterocycles. The summed E-state index contributed by atoms with van der Waals surface area (Å²) in [6.07, 6.45) is 3.74. The Labute approximate surface area is 174 Å². The number of carbonyl (C=O) groups is 1. The van der Waals surface area contributed by atoms with Gasteiger partial charge in [-0.05, 0) is 35.7 Å². The average molecular weight is 398 g/mol. The molecule has 1 aliphatic heterocycles. The lowest BCUT2D eigenvalue weighted by Crippen LogP contribution is -2.32. The molecule has 0 fully saturated rings. The summed E-state index contributed by atoms with van der Waals surface area (Å²) >= 11 is 0. The summed E-state index contributed by atoms with van der Waals surface area (Å²) in [5.41, 5.74) is 5.99. The average Bonchev–Trinajstić information content (AvgIpc) is 3.16. The Hall–Kier alpha value is -3.74. The number of hydrogen-bond donors (Lipinski definition) is 1. The lowest BCUT2D eigenvalue weighted by molar-refractivity contribution is -0.115. The van der Waals surface area contributed by atoms with Crippen molar-refractivity contribution in [2.45, 2.75) is 26.4 Å². The molecule has 2 aromatic carbocycles. The van der Waals surface area contributed by atoms with Gasteiger partial charge in [0.2, 0.25) is 5.91 Å². The Balaban J connectivity index is 1.25. The molecule has 7 heteroatoms. The molecule has 4 aromatic rings. The maximum absolute atomic E-state index is 12.4. The van der Waals surface area contributed by atoms with Crippen molar-refractivity contribution in [3.8, 4) is 0 Å². The first-order chi connectivity index (χ1) is 14.7. The largest absolute Gasteiger partial charge is 0.349 e. The van der Waals surface area contributed by atoms with Crippen molar-refractivity contribution in [2.75, 3.05) is 16.8 Å². The summed E-state index contributed by atoms with van der Waals surface area (Å²) in [7, 11) is 0. The number of amides is 1. The fourth-order valence-electron chi connectivity index (χ4n) is 3.88. The van der Waals surface area contributed by atoms with Gasteiger partial charge in [0.25, 0.3) is 0 Å². The second kappa shape index (κ2) is 7.59. The molecule has 7 nitrogen and oxygen atoms in total. The smallest absolute Gasteiger partial charge is 0.228 e. The van der Waals surface area contributed by atoms with E-state index in [0.29, 0.717) is 6.42 Å². The van der Waals surface area contributed by atoms with Crippen molar-refractivity contribution in [3.63, 3.8) is 0 Å². The summed E-state index contributed by atoms with van der Waals surface area (Å²) in [6, 6.07) is 16.0. The molecule has 0 saturated carbocycles. The molecule has 0 aliphatic carbocycles. The van der Waals surface area contributed by atoms with Crippen LogP contribution >= 0.6 is 0 Å². The van der Waals surface area contributed by atoms with Gasteiger partial charge in [-0.3, -0.25) is 9.48 Å². The van der Waals surface area contributed by atoms with E-state index in [4.69, 9.17) is 0 Å². The monoisotopic (exact) mass is 398 g/mol. The molecule has 0 bridgehead atoms. The zero-order valence-electron chi connectivity index (χ0n) is 16.7. The molecule has 0 spiro atoms. The summed E-state index contributed by atoms with van der Waals surface area (Å²) < 4.78 is 1.97. The highest BCUT2D eigenvalue weighted by atomic mass is 16.1. The van der Waals surface area contributed by atoms with E-state index in [2.05, 4.69) is 37.4 Å². The topological polar surface area (TPSA) is 75.9 Å². The molecular weight excluding hydrogens is 376 g/mol. The molecule has 0 radical (unpaired) electrons. The normalized spacial score (nSPS) is 12.9. The van der Waals surface area contributed by atoms with Crippen LogP contribution in [0.25, 0.3) is 11.0 Å². The first-order valence-electron chi connectivity index (χ1n) is 10.0. The van der Waals surface area contributed by atoms with Crippen molar-refractivity contribution < 1.29 is 4.79 Å². The van der Waals surface area contributed by atoms with Gasteiger partial charge in [-0.15, -0.1) is 0 Å². The number of anilines is 2. The van der Waals surface area contributed by atoms with Gasteiger partial charge < -0.3 is 10.2 Å².